The number of nitrogens with zero attached hydrogens (tertiary/aromatic N) is 1. The number of nitrogens with one attached hydrogen (secondary N) is 1. The first-order chi connectivity index (χ1) is 8.22. The van der Waals surface area contributed by atoms with Crippen LogP contribution in [-0.4, -0.2) is 44.4 Å². The van der Waals surface area contributed by atoms with E-state index in [-0.39, 0.29) is 12.5 Å². The third-order valence-electron chi connectivity index (χ3n) is 1.99. The van der Waals surface area contributed by atoms with E-state index in [9.17, 15) is 4.79 Å². The number of ether oxygens (including phenoxy) is 2. The van der Waals surface area contributed by atoms with E-state index in [1.165, 1.54) is 0 Å². The van der Waals surface area contributed by atoms with Gasteiger partial charge in [0.1, 0.15) is 6.61 Å². The first-order valence-corrected chi connectivity index (χ1v) is 6.34. The number of carbonyl (C=O) groups is 1. The Bertz CT molecular complexity index is 341. The first kappa shape index (κ1) is 14.1. The number of methoxy groups -OCH3 is 1. The Kier molecular flexibility index (Phi) is 6.76. The highest BCUT2D eigenvalue weighted by atomic mass is 32.1. The molecule has 0 aromatic carbocycles. The number of aryl methyl sites for hydroxylation is 1. The van der Waals surface area contributed by atoms with Gasteiger partial charge in [-0.2, -0.15) is 0 Å². The Labute approximate surface area is 105 Å². The van der Waals surface area contributed by atoms with E-state index < -0.39 is 0 Å². The Morgan fingerprint density at radius 2 is 2.35 bits per heavy atom. The van der Waals surface area contributed by atoms with Gasteiger partial charge < -0.3 is 14.8 Å². The molecular weight excluding hydrogens is 240 g/mol. The molecule has 0 saturated heterocycles. The van der Waals surface area contributed by atoms with Crippen molar-refractivity contribution in [1.82, 2.24) is 10.3 Å². The number of carbonyl (C=O) groups excluding carboxylic acids is 1. The quantitative estimate of drug-likeness (QED) is 0.700. The average Bonchev–Trinajstić information content (AvgIpc) is 2.71. The van der Waals surface area contributed by atoms with Crippen molar-refractivity contribution in [2.24, 2.45) is 0 Å². The molecule has 0 atom stereocenters. The average molecular weight is 258 g/mol. The van der Waals surface area contributed by atoms with Gasteiger partial charge in [-0.15, -0.1) is 11.3 Å². The summed E-state index contributed by atoms with van der Waals surface area (Å²) in [5.74, 6) is -0.102. The van der Waals surface area contributed by atoms with Crippen molar-refractivity contribution in [1.29, 1.82) is 0 Å². The molecule has 1 aromatic rings. The minimum absolute atomic E-state index is 0.0836. The Hall–Kier alpha value is -0.980. The zero-order valence-corrected chi connectivity index (χ0v) is 11.0. The zero-order chi connectivity index (χ0) is 12.5. The van der Waals surface area contributed by atoms with Crippen molar-refractivity contribution >= 4 is 17.2 Å². The third-order valence-corrected chi connectivity index (χ3v) is 3.02. The fraction of sp³-hybridized carbons (Fsp3) is 0.636. The van der Waals surface area contributed by atoms with Crippen molar-refractivity contribution < 1.29 is 14.3 Å². The van der Waals surface area contributed by atoms with Gasteiger partial charge in [-0.25, -0.2) is 4.98 Å². The summed E-state index contributed by atoms with van der Waals surface area (Å²) in [4.78, 5) is 15.6. The molecular formula is C11H18N2O3S. The van der Waals surface area contributed by atoms with Gasteiger partial charge >= 0.3 is 0 Å². The SMILES string of the molecule is COCCOCC(=O)NCCc1nc(C)cs1. The van der Waals surface area contributed by atoms with Gasteiger partial charge in [-0.1, -0.05) is 0 Å². The molecule has 17 heavy (non-hydrogen) atoms. The molecule has 1 N–H and O–H groups in total. The molecule has 1 aromatic heterocycles. The Morgan fingerprint density at radius 1 is 1.53 bits per heavy atom. The second-order valence-corrected chi connectivity index (χ2v) is 4.47. The van der Waals surface area contributed by atoms with E-state index in [1.807, 2.05) is 12.3 Å². The molecule has 0 saturated carbocycles. The van der Waals surface area contributed by atoms with Crippen molar-refractivity contribution in [3.63, 3.8) is 0 Å². The molecule has 0 radical (unpaired) electrons. The van der Waals surface area contributed by atoms with Crippen LogP contribution in [0.3, 0.4) is 0 Å². The van der Waals surface area contributed by atoms with Crippen LogP contribution < -0.4 is 5.32 Å². The van der Waals surface area contributed by atoms with Gasteiger partial charge in [0.25, 0.3) is 0 Å². The number of rotatable bonds is 8. The molecule has 1 rings (SSSR count). The van der Waals surface area contributed by atoms with Gasteiger partial charge in [0, 0.05) is 31.1 Å². The monoisotopic (exact) mass is 258 g/mol. The van der Waals surface area contributed by atoms with Crippen LogP contribution in [0, 0.1) is 6.92 Å². The van der Waals surface area contributed by atoms with E-state index in [0.717, 1.165) is 17.1 Å². The molecule has 6 heteroatoms. The molecule has 0 aliphatic carbocycles. The third kappa shape index (κ3) is 6.35. The molecule has 5 nitrogen and oxygen atoms in total. The van der Waals surface area contributed by atoms with Gasteiger partial charge in [0.2, 0.25) is 5.91 Å². The lowest BCUT2D eigenvalue weighted by atomic mass is 10.4. The summed E-state index contributed by atoms with van der Waals surface area (Å²) >= 11 is 1.62. The second kappa shape index (κ2) is 8.16. The van der Waals surface area contributed by atoms with Gasteiger partial charge in [0.05, 0.1) is 18.2 Å². The molecule has 0 bridgehead atoms. The maximum absolute atomic E-state index is 11.3. The van der Waals surface area contributed by atoms with Crippen LogP contribution in [0.1, 0.15) is 10.7 Å². The molecule has 0 aliphatic rings. The normalized spacial score (nSPS) is 10.5. The van der Waals surface area contributed by atoms with Crippen LogP contribution in [0.15, 0.2) is 5.38 Å². The van der Waals surface area contributed by atoms with Gasteiger partial charge in [-0.05, 0) is 6.92 Å². The topological polar surface area (TPSA) is 60.5 Å². The van der Waals surface area contributed by atoms with Crippen molar-refractivity contribution in [3.05, 3.63) is 16.1 Å². The lowest BCUT2D eigenvalue weighted by Crippen LogP contribution is -2.29. The predicted molar refractivity (Wildman–Crippen MR) is 66.3 cm³/mol. The lowest BCUT2D eigenvalue weighted by molar-refractivity contribution is -0.126. The molecule has 96 valence electrons. The van der Waals surface area contributed by atoms with Crippen molar-refractivity contribution in [2.75, 3.05) is 33.5 Å². The van der Waals surface area contributed by atoms with Crippen LogP contribution in [-0.2, 0) is 20.7 Å². The van der Waals surface area contributed by atoms with Crippen LogP contribution in [0.5, 0.6) is 0 Å². The first-order valence-electron chi connectivity index (χ1n) is 5.46. The minimum atomic E-state index is -0.102. The fourth-order valence-corrected chi connectivity index (χ4v) is 1.96. The van der Waals surface area contributed by atoms with E-state index in [2.05, 4.69) is 10.3 Å². The van der Waals surface area contributed by atoms with Crippen molar-refractivity contribution in [3.8, 4) is 0 Å². The summed E-state index contributed by atoms with van der Waals surface area (Å²) in [6, 6.07) is 0. The Balaban J connectivity index is 2.04. The van der Waals surface area contributed by atoms with E-state index >= 15 is 0 Å². The molecule has 0 spiro atoms. The fourth-order valence-electron chi connectivity index (χ4n) is 1.18. The number of aromatic nitrogens is 1. The van der Waals surface area contributed by atoms with Crippen molar-refractivity contribution in [2.45, 2.75) is 13.3 Å². The maximum atomic E-state index is 11.3. The molecule has 0 fully saturated rings. The van der Waals surface area contributed by atoms with Crippen LogP contribution in [0.25, 0.3) is 0 Å². The second-order valence-electron chi connectivity index (χ2n) is 3.53. The summed E-state index contributed by atoms with van der Waals surface area (Å²) in [7, 11) is 1.60. The summed E-state index contributed by atoms with van der Waals surface area (Å²) in [6.45, 7) is 3.59. The lowest BCUT2D eigenvalue weighted by Gasteiger charge is -2.04. The van der Waals surface area contributed by atoms with Crippen LogP contribution in [0.4, 0.5) is 0 Å². The van der Waals surface area contributed by atoms with Gasteiger partial charge in [0.15, 0.2) is 0 Å². The van der Waals surface area contributed by atoms with E-state index in [0.29, 0.717) is 19.8 Å². The highest BCUT2D eigenvalue weighted by Crippen LogP contribution is 2.08. The molecule has 1 heterocycles. The summed E-state index contributed by atoms with van der Waals surface area (Å²) in [5, 5.41) is 5.83. The van der Waals surface area contributed by atoms with Gasteiger partial charge in [-0.3, -0.25) is 4.79 Å². The summed E-state index contributed by atoms with van der Waals surface area (Å²) < 4.78 is 9.89. The molecule has 0 aliphatic heterocycles. The molecule has 1 amide bonds. The van der Waals surface area contributed by atoms with E-state index in [4.69, 9.17) is 9.47 Å². The van der Waals surface area contributed by atoms with Crippen LogP contribution in [0.2, 0.25) is 0 Å². The number of thiazole rings is 1. The number of hydrogen-bond acceptors (Lipinski definition) is 5. The Morgan fingerprint density at radius 3 is 3.00 bits per heavy atom. The smallest absolute Gasteiger partial charge is 0.246 e. The van der Waals surface area contributed by atoms with Crippen LogP contribution >= 0.6 is 11.3 Å². The summed E-state index contributed by atoms with van der Waals surface area (Å²) in [6.07, 6.45) is 0.766. The largest absolute Gasteiger partial charge is 0.382 e. The zero-order valence-electron chi connectivity index (χ0n) is 10.2. The number of amides is 1. The maximum Gasteiger partial charge on any atom is 0.246 e. The standard InChI is InChI=1S/C11H18N2O3S/c1-9-8-17-11(13-9)3-4-12-10(14)7-16-6-5-15-2/h8H,3-7H2,1-2H3,(H,12,14). The highest BCUT2D eigenvalue weighted by molar-refractivity contribution is 7.09. The molecule has 0 unspecified atom stereocenters. The van der Waals surface area contributed by atoms with E-state index in [1.54, 1.807) is 18.4 Å². The minimum Gasteiger partial charge on any atom is -0.382 e. The number of hydrogen-bond donors (Lipinski definition) is 1. The highest BCUT2D eigenvalue weighted by Gasteiger charge is 2.02. The predicted octanol–water partition coefficient (Wildman–Crippen LogP) is 0.773. The summed E-state index contributed by atoms with van der Waals surface area (Å²) in [5.41, 5.74) is 1.03.